The summed E-state index contributed by atoms with van der Waals surface area (Å²) in [5.74, 6) is -0.364. The van der Waals surface area contributed by atoms with Crippen LogP contribution in [0.2, 0.25) is 0 Å². The summed E-state index contributed by atoms with van der Waals surface area (Å²) >= 11 is 2.21. The summed E-state index contributed by atoms with van der Waals surface area (Å²) in [7, 11) is 1.72. The van der Waals surface area contributed by atoms with E-state index in [1.54, 1.807) is 14.0 Å². The molecule has 0 atom stereocenters. The summed E-state index contributed by atoms with van der Waals surface area (Å²) in [4.78, 5) is 15.7. The molecule has 0 heterocycles. The Morgan fingerprint density at radius 3 is 2.64 bits per heavy atom. The third-order valence-electron chi connectivity index (χ3n) is 0.987. The molecule has 0 spiro atoms. The van der Waals surface area contributed by atoms with Crippen molar-refractivity contribution in [1.82, 2.24) is 5.06 Å². The largest absolute Gasteiger partial charge is 0.364 e. The molecule has 0 amide bonds. The summed E-state index contributed by atoms with van der Waals surface area (Å²) in [6.07, 6.45) is 0. The van der Waals surface area contributed by atoms with Crippen LogP contribution in [-0.4, -0.2) is 29.1 Å². The van der Waals surface area contributed by atoms with Crippen LogP contribution in [-0.2, 0) is 9.63 Å². The van der Waals surface area contributed by atoms with E-state index in [0.29, 0.717) is 5.57 Å². The van der Waals surface area contributed by atoms with Crippen molar-refractivity contribution in [3.8, 4) is 0 Å². The summed E-state index contributed by atoms with van der Waals surface area (Å²) in [5, 5.41) is 1.50. The molecule has 0 saturated heterocycles. The molecule has 11 heavy (non-hydrogen) atoms. The molecule has 0 bridgehead atoms. The maximum atomic E-state index is 10.9. The topological polar surface area (TPSA) is 29.5 Å². The molecule has 0 N–H and O–H groups in total. The molecule has 0 unspecified atom stereocenters. The zero-order chi connectivity index (χ0) is 8.85. The van der Waals surface area contributed by atoms with E-state index in [1.807, 2.05) is 0 Å². The zero-order valence-electron chi connectivity index (χ0n) is 6.76. The van der Waals surface area contributed by atoms with Gasteiger partial charge in [-0.3, -0.25) is 0 Å². The lowest BCUT2D eigenvalue weighted by molar-refractivity contribution is -0.177. The van der Waals surface area contributed by atoms with E-state index in [9.17, 15) is 4.79 Å². The molecule has 0 rings (SSSR count). The van der Waals surface area contributed by atoms with Gasteiger partial charge in [0.25, 0.3) is 0 Å². The van der Waals surface area contributed by atoms with E-state index in [4.69, 9.17) is 4.84 Å². The van der Waals surface area contributed by atoms with Crippen LogP contribution in [0.3, 0.4) is 0 Å². The second-order valence-corrected chi connectivity index (χ2v) is 3.28. The molecule has 0 aromatic heterocycles. The summed E-state index contributed by atoms with van der Waals surface area (Å²) in [5.41, 5.74) is 0.422. The van der Waals surface area contributed by atoms with Gasteiger partial charge in [-0.15, -0.1) is 5.06 Å². The number of hydrogen-bond donors (Lipinski definition) is 0. The van der Waals surface area contributed by atoms with Crippen LogP contribution in [0, 0.1) is 0 Å². The van der Waals surface area contributed by atoms with Gasteiger partial charge in [0.1, 0.15) is 0 Å². The minimum absolute atomic E-state index is 0.364. The minimum atomic E-state index is -0.364. The molecule has 0 aliphatic rings. The van der Waals surface area contributed by atoms with Crippen molar-refractivity contribution in [1.29, 1.82) is 0 Å². The number of carbonyl (C=O) groups is 1. The molecule has 3 nitrogen and oxygen atoms in total. The van der Waals surface area contributed by atoms with Crippen LogP contribution in [0.15, 0.2) is 12.2 Å². The van der Waals surface area contributed by atoms with Gasteiger partial charge in [-0.1, -0.05) is 29.2 Å². The molecule has 0 fully saturated rings. The summed E-state index contributed by atoms with van der Waals surface area (Å²) in [6.45, 7) is 5.83. The van der Waals surface area contributed by atoms with Crippen LogP contribution in [0.5, 0.6) is 0 Å². The maximum Gasteiger partial charge on any atom is 0.351 e. The van der Waals surface area contributed by atoms with Gasteiger partial charge < -0.3 is 4.84 Å². The quantitative estimate of drug-likeness (QED) is 0.334. The first-order valence-electron chi connectivity index (χ1n) is 3.23. The van der Waals surface area contributed by atoms with E-state index in [1.165, 1.54) is 5.06 Å². The molecule has 0 aromatic rings. The highest BCUT2D eigenvalue weighted by molar-refractivity contribution is 14.1. The number of hydrogen-bond acceptors (Lipinski definition) is 3. The molecule has 64 valence electrons. The van der Waals surface area contributed by atoms with Gasteiger partial charge in [-0.05, 0) is 6.92 Å². The lowest BCUT2D eigenvalue weighted by Crippen LogP contribution is -2.25. The van der Waals surface area contributed by atoms with E-state index in [2.05, 4.69) is 29.2 Å². The first-order valence-corrected chi connectivity index (χ1v) is 4.75. The zero-order valence-corrected chi connectivity index (χ0v) is 8.92. The predicted octanol–water partition coefficient (Wildman–Crippen LogP) is 1.39. The Kier molecular flexibility index (Phi) is 5.49. The number of halogens is 1. The molecular formula is C7H12INO2. The SMILES string of the molecule is C=C(C)C(=O)ON(C)CCI. The number of hydroxylamine groups is 2. The summed E-state index contributed by atoms with van der Waals surface area (Å²) < 4.78 is 0.928. The third-order valence-corrected chi connectivity index (χ3v) is 1.47. The Labute approximate surface area is 80.5 Å². The van der Waals surface area contributed by atoms with E-state index < -0.39 is 0 Å². The van der Waals surface area contributed by atoms with Crippen LogP contribution in [0.4, 0.5) is 0 Å². The highest BCUT2D eigenvalue weighted by Crippen LogP contribution is 1.95. The molecule has 0 aromatic carbocycles. The highest BCUT2D eigenvalue weighted by atomic mass is 127. The van der Waals surface area contributed by atoms with Crippen LogP contribution >= 0.6 is 22.6 Å². The fraction of sp³-hybridized carbons (Fsp3) is 0.571. The van der Waals surface area contributed by atoms with Crippen molar-refractivity contribution in [3.63, 3.8) is 0 Å². The average molecular weight is 269 g/mol. The summed E-state index contributed by atoms with van der Waals surface area (Å²) in [6, 6.07) is 0. The Morgan fingerprint density at radius 2 is 2.27 bits per heavy atom. The molecule has 0 saturated carbocycles. The second kappa shape index (κ2) is 5.54. The fourth-order valence-corrected chi connectivity index (χ4v) is 1.06. The van der Waals surface area contributed by atoms with E-state index >= 15 is 0 Å². The average Bonchev–Trinajstić information content (AvgIpc) is 1.87. The lowest BCUT2D eigenvalue weighted by atomic mass is 10.4. The number of carbonyl (C=O) groups excluding carboxylic acids is 1. The number of rotatable bonds is 4. The van der Waals surface area contributed by atoms with Crippen molar-refractivity contribution < 1.29 is 9.63 Å². The Morgan fingerprint density at radius 1 is 1.73 bits per heavy atom. The molecule has 0 aliphatic heterocycles. The van der Waals surface area contributed by atoms with Gasteiger partial charge in [-0.25, -0.2) is 4.79 Å². The molecular weight excluding hydrogens is 257 g/mol. The normalized spacial score (nSPS) is 9.82. The van der Waals surface area contributed by atoms with Gasteiger partial charge in [0.2, 0.25) is 0 Å². The second-order valence-electron chi connectivity index (χ2n) is 2.20. The van der Waals surface area contributed by atoms with Gasteiger partial charge >= 0.3 is 5.97 Å². The monoisotopic (exact) mass is 269 g/mol. The fourth-order valence-electron chi connectivity index (χ4n) is 0.384. The van der Waals surface area contributed by atoms with Crippen molar-refractivity contribution in [2.75, 3.05) is 18.0 Å². The Hall–Kier alpha value is -0.100. The first-order chi connectivity index (χ1) is 5.07. The molecule has 4 heteroatoms. The standard InChI is InChI=1S/C7H12INO2/c1-6(2)7(10)11-9(3)5-4-8/h1,4-5H2,2-3H3. The van der Waals surface area contributed by atoms with Gasteiger partial charge in [0.15, 0.2) is 0 Å². The van der Waals surface area contributed by atoms with Gasteiger partial charge in [0, 0.05) is 23.6 Å². The molecule has 0 aliphatic carbocycles. The number of alkyl halides is 1. The van der Waals surface area contributed by atoms with Gasteiger partial charge in [-0.2, -0.15) is 0 Å². The van der Waals surface area contributed by atoms with Crippen LogP contribution in [0.1, 0.15) is 6.92 Å². The predicted molar refractivity (Wildman–Crippen MR) is 52.4 cm³/mol. The van der Waals surface area contributed by atoms with Crippen LogP contribution < -0.4 is 0 Å². The van der Waals surface area contributed by atoms with Crippen molar-refractivity contribution in [2.45, 2.75) is 6.92 Å². The van der Waals surface area contributed by atoms with Crippen LogP contribution in [0.25, 0.3) is 0 Å². The maximum absolute atomic E-state index is 10.9. The Bertz CT molecular complexity index is 159. The molecule has 0 radical (unpaired) electrons. The smallest absolute Gasteiger partial charge is 0.351 e. The van der Waals surface area contributed by atoms with E-state index in [-0.39, 0.29) is 5.97 Å². The van der Waals surface area contributed by atoms with E-state index in [0.717, 1.165) is 11.0 Å². The van der Waals surface area contributed by atoms with Crippen molar-refractivity contribution in [3.05, 3.63) is 12.2 Å². The lowest BCUT2D eigenvalue weighted by Gasteiger charge is -2.13. The first kappa shape index (κ1) is 10.9. The van der Waals surface area contributed by atoms with Crippen molar-refractivity contribution >= 4 is 28.6 Å². The Balaban J connectivity index is 3.66. The van der Waals surface area contributed by atoms with Crippen molar-refractivity contribution in [2.24, 2.45) is 0 Å². The third kappa shape index (κ3) is 5.20. The highest BCUT2D eigenvalue weighted by Gasteiger charge is 2.06. The number of nitrogens with zero attached hydrogens (tertiary/aromatic N) is 1. The minimum Gasteiger partial charge on any atom is -0.364 e. The van der Waals surface area contributed by atoms with Gasteiger partial charge in [0.05, 0.1) is 0 Å².